The van der Waals surface area contributed by atoms with E-state index in [2.05, 4.69) is 25.6 Å². The van der Waals surface area contributed by atoms with E-state index in [-0.39, 0.29) is 0 Å². The molecular weight excluding hydrogens is 178 g/mol. The lowest BCUT2D eigenvalue weighted by atomic mass is 10.0. The molecule has 0 aromatic heterocycles. The van der Waals surface area contributed by atoms with Crippen LogP contribution in [0.1, 0.15) is 46.0 Å². The largest absolute Gasteiger partial charge is 0.327 e. The van der Waals surface area contributed by atoms with Crippen LogP contribution in [-0.4, -0.2) is 17.0 Å². The van der Waals surface area contributed by atoms with Crippen molar-refractivity contribution in [2.75, 3.05) is 5.75 Å². The summed E-state index contributed by atoms with van der Waals surface area (Å²) >= 11 is 2.11. The first-order valence-corrected chi connectivity index (χ1v) is 6.62. The highest BCUT2D eigenvalue weighted by molar-refractivity contribution is 7.99. The molecule has 1 aliphatic rings. The summed E-state index contributed by atoms with van der Waals surface area (Å²) < 4.78 is 0. The van der Waals surface area contributed by atoms with E-state index in [9.17, 15) is 0 Å². The van der Waals surface area contributed by atoms with Crippen molar-refractivity contribution in [3.8, 4) is 0 Å². The predicted octanol–water partition coefficient (Wildman–Crippen LogP) is 3.04. The first kappa shape index (κ1) is 11.4. The van der Waals surface area contributed by atoms with Gasteiger partial charge in [-0.25, -0.2) is 0 Å². The Morgan fingerprint density at radius 2 is 1.85 bits per heavy atom. The van der Waals surface area contributed by atoms with Gasteiger partial charge in [0.25, 0.3) is 0 Å². The molecular formula is C11H23NS. The third kappa shape index (κ3) is 4.37. The van der Waals surface area contributed by atoms with Crippen LogP contribution in [0.15, 0.2) is 0 Å². The second kappa shape index (κ2) is 5.92. The Balaban J connectivity index is 2.10. The van der Waals surface area contributed by atoms with E-state index in [0.717, 1.165) is 11.0 Å². The third-order valence-corrected chi connectivity index (χ3v) is 4.45. The van der Waals surface area contributed by atoms with Gasteiger partial charge < -0.3 is 5.73 Å². The Kier molecular flexibility index (Phi) is 5.18. The molecule has 1 nitrogen and oxygen atoms in total. The van der Waals surface area contributed by atoms with Crippen LogP contribution < -0.4 is 5.73 Å². The van der Waals surface area contributed by atoms with Crippen LogP contribution in [0.2, 0.25) is 0 Å². The summed E-state index contributed by atoms with van der Waals surface area (Å²) in [5.74, 6) is 1.79. The molecule has 78 valence electrons. The number of thioether (sulfide) groups is 1. The van der Waals surface area contributed by atoms with E-state index < -0.39 is 0 Å². The molecule has 1 unspecified atom stereocenters. The summed E-state index contributed by atoms with van der Waals surface area (Å²) in [4.78, 5) is 0. The van der Waals surface area contributed by atoms with Gasteiger partial charge in [-0.1, -0.05) is 33.1 Å². The van der Waals surface area contributed by atoms with Crippen LogP contribution in [0, 0.1) is 5.92 Å². The minimum Gasteiger partial charge on any atom is -0.327 e. The number of nitrogens with two attached hydrogens (primary N) is 1. The van der Waals surface area contributed by atoms with Crippen LogP contribution in [0.25, 0.3) is 0 Å². The highest BCUT2D eigenvalue weighted by Crippen LogP contribution is 2.28. The summed E-state index contributed by atoms with van der Waals surface area (Å²) in [6.07, 6.45) is 7.18. The molecule has 0 radical (unpaired) electrons. The molecule has 1 rings (SSSR count). The lowest BCUT2D eigenvalue weighted by Crippen LogP contribution is -2.30. The maximum absolute atomic E-state index is 6.01. The van der Waals surface area contributed by atoms with E-state index >= 15 is 0 Å². The lowest BCUT2D eigenvalue weighted by molar-refractivity contribution is 0.509. The molecule has 0 amide bonds. The van der Waals surface area contributed by atoms with Crippen LogP contribution in [0.4, 0.5) is 0 Å². The minimum absolute atomic E-state index is 0.395. The molecule has 0 aromatic rings. The van der Waals surface area contributed by atoms with Crippen LogP contribution in [0.5, 0.6) is 0 Å². The Morgan fingerprint density at radius 1 is 1.23 bits per heavy atom. The molecule has 0 spiro atoms. The number of hydrogen-bond donors (Lipinski definition) is 1. The summed E-state index contributed by atoms with van der Waals surface area (Å²) in [5.41, 5.74) is 6.01. The van der Waals surface area contributed by atoms with Crippen molar-refractivity contribution in [2.24, 2.45) is 11.7 Å². The summed E-state index contributed by atoms with van der Waals surface area (Å²) in [5, 5.41) is 0.915. The van der Waals surface area contributed by atoms with Crippen LogP contribution >= 0.6 is 11.8 Å². The predicted molar refractivity (Wildman–Crippen MR) is 62.1 cm³/mol. The topological polar surface area (TPSA) is 26.0 Å². The maximum atomic E-state index is 6.01. The molecule has 1 aliphatic carbocycles. The monoisotopic (exact) mass is 201 g/mol. The molecule has 0 heterocycles. The zero-order valence-electron chi connectivity index (χ0n) is 8.96. The molecule has 13 heavy (non-hydrogen) atoms. The second-order valence-electron chi connectivity index (χ2n) is 4.50. The Hall–Kier alpha value is 0.310. The molecule has 2 N–H and O–H groups in total. The van der Waals surface area contributed by atoms with Gasteiger partial charge in [0.2, 0.25) is 0 Å². The Morgan fingerprint density at radius 3 is 2.38 bits per heavy atom. The molecule has 0 aliphatic heterocycles. The van der Waals surface area contributed by atoms with Gasteiger partial charge in [0.15, 0.2) is 0 Å². The molecule has 0 aromatic carbocycles. The van der Waals surface area contributed by atoms with Gasteiger partial charge in [0.1, 0.15) is 0 Å². The van der Waals surface area contributed by atoms with Gasteiger partial charge in [-0.3, -0.25) is 0 Å². The SMILES string of the molecule is CC(C)C(N)CSC1CCCCC1. The van der Waals surface area contributed by atoms with E-state index in [0.29, 0.717) is 12.0 Å². The number of rotatable bonds is 4. The van der Waals surface area contributed by atoms with E-state index in [1.807, 2.05) is 0 Å². The van der Waals surface area contributed by atoms with Crippen LogP contribution in [-0.2, 0) is 0 Å². The van der Waals surface area contributed by atoms with Crippen LogP contribution in [0.3, 0.4) is 0 Å². The second-order valence-corrected chi connectivity index (χ2v) is 5.83. The standard InChI is InChI=1S/C11H23NS/c1-9(2)11(12)8-13-10-6-4-3-5-7-10/h9-11H,3-8,12H2,1-2H3. The Bertz CT molecular complexity index is 130. The average molecular weight is 201 g/mol. The number of hydrogen-bond acceptors (Lipinski definition) is 2. The van der Waals surface area contributed by atoms with Crippen molar-refractivity contribution in [2.45, 2.75) is 57.2 Å². The van der Waals surface area contributed by atoms with Crippen molar-refractivity contribution in [3.05, 3.63) is 0 Å². The highest BCUT2D eigenvalue weighted by Gasteiger charge is 2.16. The Labute approximate surface area is 86.8 Å². The quantitative estimate of drug-likeness (QED) is 0.756. The zero-order valence-corrected chi connectivity index (χ0v) is 9.78. The zero-order chi connectivity index (χ0) is 9.68. The van der Waals surface area contributed by atoms with Crippen molar-refractivity contribution in [1.82, 2.24) is 0 Å². The van der Waals surface area contributed by atoms with Gasteiger partial charge in [-0.15, -0.1) is 0 Å². The summed E-state index contributed by atoms with van der Waals surface area (Å²) in [6, 6.07) is 0.395. The molecule has 1 saturated carbocycles. The first-order chi connectivity index (χ1) is 6.20. The fraction of sp³-hybridized carbons (Fsp3) is 1.00. The molecule has 2 heteroatoms. The fourth-order valence-electron chi connectivity index (χ4n) is 1.67. The van der Waals surface area contributed by atoms with Crippen molar-refractivity contribution >= 4 is 11.8 Å². The molecule has 0 bridgehead atoms. The molecule has 1 atom stereocenters. The van der Waals surface area contributed by atoms with E-state index in [1.165, 1.54) is 32.1 Å². The third-order valence-electron chi connectivity index (χ3n) is 2.93. The van der Waals surface area contributed by atoms with Crippen molar-refractivity contribution in [3.63, 3.8) is 0 Å². The minimum atomic E-state index is 0.395. The van der Waals surface area contributed by atoms with Crippen molar-refractivity contribution in [1.29, 1.82) is 0 Å². The van der Waals surface area contributed by atoms with E-state index in [1.54, 1.807) is 0 Å². The van der Waals surface area contributed by atoms with Gasteiger partial charge in [0, 0.05) is 17.0 Å². The maximum Gasteiger partial charge on any atom is 0.0153 e. The molecule has 1 fully saturated rings. The normalized spacial score (nSPS) is 22.2. The smallest absolute Gasteiger partial charge is 0.0153 e. The first-order valence-electron chi connectivity index (χ1n) is 5.57. The van der Waals surface area contributed by atoms with Gasteiger partial charge in [-0.05, 0) is 18.8 Å². The fourth-order valence-corrected chi connectivity index (χ4v) is 3.22. The van der Waals surface area contributed by atoms with E-state index in [4.69, 9.17) is 5.73 Å². The highest BCUT2D eigenvalue weighted by atomic mass is 32.2. The van der Waals surface area contributed by atoms with Gasteiger partial charge >= 0.3 is 0 Å². The summed E-state index contributed by atoms with van der Waals surface area (Å²) in [6.45, 7) is 4.43. The lowest BCUT2D eigenvalue weighted by Gasteiger charge is -2.23. The van der Waals surface area contributed by atoms with Gasteiger partial charge in [-0.2, -0.15) is 11.8 Å². The molecule has 0 saturated heterocycles. The van der Waals surface area contributed by atoms with Crippen molar-refractivity contribution < 1.29 is 0 Å². The average Bonchev–Trinajstić information content (AvgIpc) is 2.15. The van der Waals surface area contributed by atoms with Gasteiger partial charge in [0.05, 0.1) is 0 Å². The summed E-state index contributed by atoms with van der Waals surface area (Å²) in [7, 11) is 0.